The number of halogens is 1. The highest BCUT2D eigenvalue weighted by molar-refractivity contribution is 7.92. The van der Waals surface area contributed by atoms with Crippen LogP contribution in [0.1, 0.15) is 24.5 Å². The lowest BCUT2D eigenvalue weighted by Gasteiger charge is -2.33. The first-order valence-electron chi connectivity index (χ1n) is 11.6. The summed E-state index contributed by atoms with van der Waals surface area (Å²) in [7, 11) is -2.60. The van der Waals surface area contributed by atoms with Crippen LogP contribution in [0, 0.1) is 6.92 Å². The number of sulfonamides is 1. The van der Waals surface area contributed by atoms with Crippen LogP contribution in [0.3, 0.4) is 0 Å². The SMILES string of the molecule is CC[C@@H](C(=O)NC)N(Cc1cccc(C)c1)C(=O)CN(c1ccccc1)S(=O)(=O)c1ccc(Cl)cc1. The first-order chi connectivity index (χ1) is 17.2. The van der Waals surface area contributed by atoms with Gasteiger partial charge in [-0.15, -0.1) is 0 Å². The van der Waals surface area contributed by atoms with E-state index in [1.165, 1.54) is 36.2 Å². The summed E-state index contributed by atoms with van der Waals surface area (Å²) in [5, 5.41) is 3.02. The van der Waals surface area contributed by atoms with Gasteiger partial charge in [0.1, 0.15) is 12.6 Å². The number of hydrogen-bond acceptors (Lipinski definition) is 4. The number of aryl methyl sites for hydroxylation is 1. The van der Waals surface area contributed by atoms with E-state index < -0.39 is 28.5 Å². The maximum absolute atomic E-state index is 13.8. The van der Waals surface area contributed by atoms with E-state index in [0.29, 0.717) is 17.1 Å². The molecule has 3 aromatic carbocycles. The van der Waals surface area contributed by atoms with Crippen molar-refractivity contribution in [2.45, 2.75) is 37.8 Å². The maximum atomic E-state index is 13.8. The highest BCUT2D eigenvalue weighted by Crippen LogP contribution is 2.25. The molecular weight excluding hydrogens is 498 g/mol. The van der Waals surface area contributed by atoms with Gasteiger partial charge in [-0.1, -0.05) is 66.6 Å². The largest absolute Gasteiger partial charge is 0.357 e. The zero-order chi connectivity index (χ0) is 26.3. The summed E-state index contributed by atoms with van der Waals surface area (Å²) < 4.78 is 28.4. The molecule has 0 fully saturated rings. The van der Waals surface area contributed by atoms with Crippen molar-refractivity contribution in [1.29, 1.82) is 0 Å². The lowest BCUT2D eigenvalue weighted by Crippen LogP contribution is -2.51. The number of rotatable bonds is 10. The number of likely N-dealkylation sites (N-methyl/N-ethyl adjacent to an activating group) is 1. The van der Waals surface area contributed by atoms with Crippen LogP contribution in [-0.2, 0) is 26.2 Å². The van der Waals surface area contributed by atoms with Gasteiger partial charge in [-0.05, 0) is 55.3 Å². The molecule has 1 N–H and O–H groups in total. The fraction of sp³-hybridized carbons (Fsp3) is 0.259. The van der Waals surface area contributed by atoms with E-state index in [9.17, 15) is 18.0 Å². The van der Waals surface area contributed by atoms with Gasteiger partial charge in [0.2, 0.25) is 11.8 Å². The van der Waals surface area contributed by atoms with Crippen molar-refractivity contribution < 1.29 is 18.0 Å². The molecule has 0 heterocycles. The Kier molecular flexibility index (Phi) is 9.12. The maximum Gasteiger partial charge on any atom is 0.264 e. The molecule has 3 aromatic rings. The van der Waals surface area contributed by atoms with Crippen molar-refractivity contribution in [2.75, 3.05) is 17.9 Å². The predicted octanol–water partition coefficient (Wildman–Crippen LogP) is 4.40. The quantitative estimate of drug-likeness (QED) is 0.423. The van der Waals surface area contributed by atoms with E-state index in [0.717, 1.165) is 15.4 Å². The molecular formula is C27H30ClN3O4S. The summed E-state index contributed by atoms with van der Waals surface area (Å²) in [6, 6.07) is 21.1. The monoisotopic (exact) mass is 527 g/mol. The first-order valence-corrected chi connectivity index (χ1v) is 13.4. The van der Waals surface area contributed by atoms with E-state index in [1.54, 1.807) is 30.3 Å². The number of para-hydroxylation sites is 1. The third-order valence-electron chi connectivity index (χ3n) is 5.79. The molecule has 7 nitrogen and oxygen atoms in total. The van der Waals surface area contributed by atoms with Gasteiger partial charge in [0.25, 0.3) is 10.0 Å². The Morgan fingerprint density at radius 1 is 0.972 bits per heavy atom. The van der Waals surface area contributed by atoms with Crippen LogP contribution in [-0.4, -0.2) is 44.8 Å². The minimum atomic E-state index is -4.11. The summed E-state index contributed by atoms with van der Waals surface area (Å²) >= 11 is 5.96. The van der Waals surface area contributed by atoms with E-state index in [1.807, 2.05) is 38.1 Å². The molecule has 36 heavy (non-hydrogen) atoms. The summed E-state index contributed by atoms with van der Waals surface area (Å²) in [4.78, 5) is 27.9. The Morgan fingerprint density at radius 2 is 1.64 bits per heavy atom. The van der Waals surface area contributed by atoms with Gasteiger partial charge in [0, 0.05) is 18.6 Å². The van der Waals surface area contributed by atoms with Gasteiger partial charge in [-0.25, -0.2) is 8.42 Å². The van der Waals surface area contributed by atoms with Crippen LogP contribution in [0.5, 0.6) is 0 Å². The number of nitrogens with zero attached hydrogens (tertiary/aromatic N) is 2. The molecule has 0 aliphatic carbocycles. The molecule has 0 aliphatic heterocycles. The lowest BCUT2D eigenvalue weighted by atomic mass is 10.1. The Bertz CT molecular complexity index is 1300. The fourth-order valence-corrected chi connectivity index (χ4v) is 5.49. The summed E-state index contributed by atoms with van der Waals surface area (Å²) in [6.07, 6.45) is 0.368. The summed E-state index contributed by atoms with van der Waals surface area (Å²) in [5.41, 5.74) is 2.20. The van der Waals surface area contributed by atoms with Crippen LogP contribution in [0.25, 0.3) is 0 Å². The molecule has 0 unspecified atom stereocenters. The normalized spacial score (nSPS) is 12.0. The van der Waals surface area contributed by atoms with Crippen molar-refractivity contribution in [2.24, 2.45) is 0 Å². The van der Waals surface area contributed by atoms with E-state index in [-0.39, 0.29) is 17.3 Å². The smallest absolute Gasteiger partial charge is 0.264 e. The number of carbonyl (C=O) groups is 2. The average molecular weight is 528 g/mol. The Morgan fingerprint density at radius 3 is 2.22 bits per heavy atom. The minimum Gasteiger partial charge on any atom is -0.357 e. The fourth-order valence-electron chi connectivity index (χ4n) is 3.95. The molecule has 0 bridgehead atoms. The van der Waals surface area contributed by atoms with Crippen molar-refractivity contribution >= 4 is 39.1 Å². The molecule has 1 atom stereocenters. The number of amides is 2. The molecule has 0 saturated heterocycles. The van der Waals surface area contributed by atoms with Crippen molar-refractivity contribution in [3.63, 3.8) is 0 Å². The van der Waals surface area contributed by atoms with Gasteiger partial charge in [-0.2, -0.15) is 0 Å². The molecule has 0 radical (unpaired) electrons. The number of anilines is 1. The second-order valence-corrected chi connectivity index (χ2v) is 10.6. The van der Waals surface area contributed by atoms with Gasteiger partial charge < -0.3 is 10.2 Å². The third-order valence-corrected chi connectivity index (χ3v) is 7.83. The van der Waals surface area contributed by atoms with Crippen LogP contribution in [0.15, 0.2) is 83.8 Å². The molecule has 9 heteroatoms. The summed E-state index contributed by atoms with van der Waals surface area (Å²) in [6.45, 7) is 3.45. The van der Waals surface area contributed by atoms with Gasteiger partial charge >= 0.3 is 0 Å². The molecule has 0 saturated carbocycles. The molecule has 0 spiro atoms. The Balaban J connectivity index is 2.03. The molecule has 2 amide bonds. The highest BCUT2D eigenvalue weighted by Gasteiger charge is 2.33. The summed E-state index contributed by atoms with van der Waals surface area (Å²) in [5.74, 6) is -0.807. The number of benzene rings is 3. The molecule has 3 rings (SSSR count). The van der Waals surface area contributed by atoms with Crippen LogP contribution < -0.4 is 9.62 Å². The minimum absolute atomic E-state index is 0.00660. The molecule has 190 valence electrons. The number of nitrogens with one attached hydrogen (secondary N) is 1. The molecule has 0 aliphatic rings. The standard InChI is InChI=1S/C27H30ClN3O4S/c1-4-25(27(33)29-3)30(18-21-10-8-9-20(2)17-21)26(32)19-31(23-11-6-5-7-12-23)36(34,35)24-15-13-22(28)14-16-24/h5-17,25H,4,18-19H2,1-3H3,(H,29,33)/t25-/m0/s1. The topological polar surface area (TPSA) is 86.8 Å². The van der Waals surface area contributed by atoms with E-state index in [2.05, 4.69) is 5.32 Å². The Labute approximate surface area is 217 Å². The van der Waals surface area contributed by atoms with Gasteiger partial charge in [0.15, 0.2) is 0 Å². The number of hydrogen-bond donors (Lipinski definition) is 1. The van der Waals surface area contributed by atoms with Crippen LogP contribution >= 0.6 is 11.6 Å². The average Bonchev–Trinajstić information content (AvgIpc) is 2.87. The zero-order valence-corrected chi connectivity index (χ0v) is 22.1. The predicted molar refractivity (Wildman–Crippen MR) is 142 cm³/mol. The van der Waals surface area contributed by atoms with Crippen molar-refractivity contribution in [1.82, 2.24) is 10.2 Å². The second-order valence-electron chi connectivity index (χ2n) is 8.35. The number of carbonyl (C=O) groups excluding carboxylic acids is 2. The van der Waals surface area contributed by atoms with Crippen LogP contribution in [0.2, 0.25) is 5.02 Å². The molecule has 0 aromatic heterocycles. The zero-order valence-electron chi connectivity index (χ0n) is 20.5. The van der Waals surface area contributed by atoms with Gasteiger partial charge in [-0.3, -0.25) is 13.9 Å². The Hall–Kier alpha value is -3.36. The van der Waals surface area contributed by atoms with Gasteiger partial charge in [0.05, 0.1) is 10.6 Å². The first kappa shape index (κ1) is 27.2. The van der Waals surface area contributed by atoms with E-state index >= 15 is 0 Å². The van der Waals surface area contributed by atoms with Crippen molar-refractivity contribution in [3.8, 4) is 0 Å². The third kappa shape index (κ3) is 6.44. The van der Waals surface area contributed by atoms with Crippen LogP contribution in [0.4, 0.5) is 5.69 Å². The highest BCUT2D eigenvalue weighted by atomic mass is 35.5. The second kappa shape index (κ2) is 12.1. The van der Waals surface area contributed by atoms with Crippen molar-refractivity contribution in [3.05, 3.63) is 95.0 Å². The van der Waals surface area contributed by atoms with E-state index in [4.69, 9.17) is 11.6 Å². The lowest BCUT2D eigenvalue weighted by molar-refractivity contribution is -0.140.